The molecule has 0 aliphatic carbocycles. The lowest BCUT2D eigenvalue weighted by atomic mass is 9.73. The molecule has 3 heterocycles. The summed E-state index contributed by atoms with van der Waals surface area (Å²) in [5.74, 6) is 0. The number of furan rings is 1. The topological polar surface area (TPSA) is 19.6 Å². The van der Waals surface area contributed by atoms with Crippen molar-refractivity contribution in [3.63, 3.8) is 0 Å². The molecule has 8 aromatic carbocycles. The smallest absolute Gasteiger partial charge is 0.135 e. The molecule has 0 fully saturated rings. The fraction of sp³-hybridized carbons (Fsp3) is 0.0588. The number of rotatable bonds is 5. The molecule has 0 atom stereocenters. The predicted molar refractivity (Wildman–Crippen MR) is 234 cm³/mol. The molecular formula is C51H36N2OS. The molecule has 4 heteroatoms. The minimum atomic E-state index is -0.124. The Balaban J connectivity index is 1.09. The molecule has 0 bridgehead atoms. The summed E-state index contributed by atoms with van der Waals surface area (Å²) in [5.41, 5.74) is 13.6. The van der Waals surface area contributed by atoms with Crippen molar-refractivity contribution in [3.05, 3.63) is 193 Å². The van der Waals surface area contributed by atoms with Crippen LogP contribution in [0, 0.1) is 0 Å². The third-order valence-electron chi connectivity index (χ3n) is 11.4. The van der Waals surface area contributed by atoms with Gasteiger partial charge >= 0.3 is 0 Å². The molecule has 11 rings (SSSR count). The standard InChI is InChI=1S/C51H36N2OS/c1-51(2)43-18-8-10-20-45(43)53(46-21-11-9-19-44(46)51)37-31-40(50-42(32-37)39-17-7-13-23-49(39)55-50)33-24-26-35(27-25-33)52(34-14-4-3-5-15-34)36-28-29-48-41(30-36)38-16-6-12-22-47(38)54-48/h3-32H,1-2H3. The Morgan fingerprint density at radius 3 is 1.85 bits per heavy atom. The maximum Gasteiger partial charge on any atom is 0.135 e. The third-order valence-corrected chi connectivity index (χ3v) is 12.6. The Labute approximate surface area is 323 Å². The van der Waals surface area contributed by atoms with E-state index in [1.54, 1.807) is 0 Å². The molecule has 55 heavy (non-hydrogen) atoms. The molecule has 0 radical (unpaired) electrons. The lowest BCUT2D eigenvalue weighted by Crippen LogP contribution is -2.30. The summed E-state index contributed by atoms with van der Waals surface area (Å²) < 4.78 is 8.80. The number of benzene rings is 8. The van der Waals surface area contributed by atoms with E-state index in [9.17, 15) is 0 Å². The highest BCUT2D eigenvalue weighted by Crippen LogP contribution is 2.53. The molecule has 3 nitrogen and oxygen atoms in total. The number of anilines is 6. The van der Waals surface area contributed by atoms with Crippen LogP contribution in [0.3, 0.4) is 0 Å². The minimum absolute atomic E-state index is 0.124. The maximum atomic E-state index is 6.20. The van der Waals surface area contributed by atoms with Crippen LogP contribution in [0.25, 0.3) is 53.2 Å². The van der Waals surface area contributed by atoms with E-state index in [2.05, 4.69) is 194 Å². The summed E-state index contributed by atoms with van der Waals surface area (Å²) in [6.45, 7) is 4.69. The SMILES string of the molecule is CC1(C)c2ccccc2N(c2cc(-c3ccc(N(c4ccccc4)c4ccc5oc6ccccc6c5c4)cc3)c3sc4ccccc4c3c2)c2ccccc21. The average Bonchev–Trinajstić information content (AvgIpc) is 3.80. The van der Waals surface area contributed by atoms with Crippen molar-refractivity contribution in [1.82, 2.24) is 0 Å². The van der Waals surface area contributed by atoms with E-state index < -0.39 is 0 Å². The van der Waals surface area contributed by atoms with Gasteiger partial charge in [-0.25, -0.2) is 0 Å². The fourth-order valence-corrected chi connectivity index (χ4v) is 9.99. The van der Waals surface area contributed by atoms with E-state index in [1.807, 2.05) is 23.5 Å². The normalized spacial score (nSPS) is 13.4. The molecule has 0 spiro atoms. The Morgan fingerprint density at radius 2 is 1.09 bits per heavy atom. The van der Waals surface area contributed by atoms with E-state index in [0.717, 1.165) is 44.7 Å². The number of thiophene rings is 1. The molecule has 0 saturated heterocycles. The number of nitrogens with zero attached hydrogens (tertiary/aromatic N) is 2. The minimum Gasteiger partial charge on any atom is -0.456 e. The van der Waals surface area contributed by atoms with Crippen LogP contribution in [0.4, 0.5) is 34.1 Å². The lowest BCUT2D eigenvalue weighted by Gasteiger charge is -2.42. The Bertz CT molecular complexity index is 3030. The molecule has 0 saturated carbocycles. The van der Waals surface area contributed by atoms with E-state index in [1.165, 1.54) is 53.8 Å². The molecule has 262 valence electrons. The van der Waals surface area contributed by atoms with Gasteiger partial charge in [-0.05, 0) is 95.6 Å². The molecule has 0 N–H and O–H groups in total. The third kappa shape index (κ3) is 4.95. The van der Waals surface area contributed by atoms with Crippen molar-refractivity contribution in [2.24, 2.45) is 0 Å². The van der Waals surface area contributed by atoms with Gasteiger partial charge in [0.1, 0.15) is 11.2 Å². The second-order valence-electron chi connectivity index (χ2n) is 15.0. The van der Waals surface area contributed by atoms with Crippen LogP contribution in [0.15, 0.2) is 186 Å². The number of hydrogen-bond acceptors (Lipinski definition) is 4. The summed E-state index contributed by atoms with van der Waals surface area (Å²) in [5, 5.41) is 4.80. The average molecular weight is 725 g/mol. The van der Waals surface area contributed by atoms with Crippen molar-refractivity contribution >= 4 is 87.6 Å². The van der Waals surface area contributed by atoms with Gasteiger partial charge in [0.2, 0.25) is 0 Å². The van der Waals surface area contributed by atoms with E-state index in [0.29, 0.717) is 0 Å². The zero-order valence-electron chi connectivity index (χ0n) is 30.5. The van der Waals surface area contributed by atoms with Gasteiger partial charge in [-0.3, -0.25) is 0 Å². The summed E-state index contributed by atoms with van der Waals surface area (Å²) >= 11 is 1.88. The van der Waals surface area contributed by atoms with Crippen molar-refractivity contribution < 1.29 is 4.42 Å². The Hall–Kier alpha value is -6.62. The second kappa shape index (κ2) is 12.2. The molecule has 1 aliphatic rings. The zero-order chi connectivity index (χ0) is 36.7. The van der Waals surface area contributed by atoms with Crippen LogP contribution < -0.4 is 9.80 Å². The summed E-state index contributed by atoms with van der Waals surface area (Å²) in [6, 6.07) is 66.0. The molecular weight excluding hydrogens is 689 g/mol. The van der Waals surface area contributed by atoms with Gasteiger partial charge in [0.05, 0.1) is 11.4 Å². The number of para-hydroxylation sites is 4. The van der Waals surface area contributed by atoms with Gasteiger partial charge in [0.25, 0.3) is 0 Å². The molecule has 10 aromatic rings. The highest BCUT2D eigenvalue weighted by Gasteiger charge is 2.36. The monoisotopic (exact) mass is 724 g/mol. The van der Waals surface area contributed by atoms with E-state index in [4.69, 9.17) is 4.42 Å². The second-order valence-corrected chi connectivity index (χ2v) is 16.0. The van der Waals surface area contributed by atoms with Crippen LogP contribution in [-0.4, -0.2) is 0 Å². The zero-order valence-corrected chi connectivity index (χ0v) is 31.3. The van der Waals surface area contributed by atoms with Gasteiger partial charge < -0.3 is 14.2 Å². The summed E-state index contributed by atoms with van der Waals surface area (Å²) in [4.78, 5) is 4.81. The summed E-state index contributed by atoms with van der Waals surface area (Å²) in [6.07, 6.45) is 0. The largest absolute Gasteiger partial charge is 0.456 e. The molecule has 0 unspecified atom stereocenters. The molecule has 2 aromatic heterocycles. The van der Waals surface area contributed by atoms with Crippen LogP contribution in [0.2, 0.25) is 0 Å². The van der Waals surface area contributed by atoms with Crippen LogP contribution in [0.5, 0.6) is 0 Å². The van der Waals surface area contributed by atoms with Crippen molar-refractivity contribution in [1.29, 1.82) is 0 Å². The van der Waals surface area contributed by atoms with Crippen LogP contribution in [0.1, 0.15) is 25.0 Å². The van der Waals surface area contributed by atoms with Gasteiger partial charge in [-0.1, -0.05) is 117 Å². The van der Waals surface area contributed by atoms with Crippen molar-refractivity contribution in [2.45, 2.75) is 19.3 Å². The first-order valence-electron chi connectivity index (χ1n) is 18.8. The van der Waals surface area contributed by atoms with Gasteiger partial charge in [0, 0.05) is 64.7 Å². The van der Waals surface area contributed by atoms with E-state index in [-0.39, 0.29) is 5.41 Å². The summed E-state index contributed by atoms with van der Waals surface area (Å²) in [7, 11) is 0. The van der Waals surface area contributed by atoms with E-state index >= 15 is 0 Å². The lowest BCUT2D eigenvalue weighted by molar-refractivity contribution is 0.632. The Morgan fingerprint density at radius 1 is 0.491 bits per heavy atom. The highest BCUT2D eigenvalue weighted by atomic mass is 32.1. The highest BCUT2D eigenvalue weighted by molar-refractivity contribution is 7.26. The quantitative estimate of drug-likeness (QED) is 0.176. The molecule has 0 amide bonds. The number of fused-ring (bicyclic) bond motifs is 8. The van der Waals surface area contributed by atoms with Crippen LogP contribution >= 0.6 is 11.3 Å². The van der Waals surface area contributed by atoms with Crippen LogP contribution in [-0.2, 0) is 5.41 Å². The van der Waals surface area contributed by atoms with Crippen molar-refractivity contribution in [3.8, 4) is 11.1 Å². The van der Waals surface area contributed by atoms with Crippen molar-refractivity contribution in [2.75, 3.05) is 9.80 Å². The van der Waals surface area contributed by atoms with Gasteiger partial charge in [-0.2, -0.15) is 0 Å². The Kier molecular flexibility index (Phi) is 7.07. The maximum absolute atomic E-state index is 6.20. The number of hydrogen-bond donors (Lipinski definition) is 0. The van der Waals surface area contributed by atoms with Gasteiger partial charge in [-0.15, -0.1) is 11.3 Å². The predicted octanol–water partition coefficient (Wildman–Crippen LogP) is 15.2. The molecule has 1 aliphatic heterocycles. The first-order chi connectivity index (χ1) is 27.0. The first-order valence-corrected chi connectivity index (χ1v) is 19.7. The first kappa shape index (κ1) is 31.9. The fourth-order valence-electron chi connectivity index (χ4n) is 8.77. The van der Waals surface area contributed by atoms with Gasteiger partial charge in [0.15, 0.2) is 0 Å².